The van der Waals surface area contributed by atoms with Crippen LogP contribution in [0.25, 0.3) is 11.0 Å². The van der Waals surface area contributed by atoms with Gasteiger partial charge < -0.3 is 14.3 Å². The third-order valence-corrected chi connectivity index (χ3v) is 6.91. The van der Waals surface area contributed by atoms with Crippen LogP contribution in [0.2, 0.25) is 5.02 Å². The van der Waals surface area contributed by atoms with Gasteiger partial charge in [0, 0.05) is 16.1 Å². The van der Waals surface area contributed by atoms with Crippen molar-refractivity contribution in [1.29, 1.82) is 0 Å². The number of carbonyl (C=O) groups excluding carboxylic acids is 2. The molecular weight excluding hydrogens is 502 g/mol. The van der Waals surface area contributed by atoms with E-state index in [0.717, 1.165) is 5.56 Å². The maximum Gasteiger partial charge on any atom is 0.294 e. The number of Topliss-reactive ketones (excluding diaryl/α,β-unsaturated/α-hetero) is 1. The van der Waals surface area contributed by atoms with Crippen molar-refractivity contribution >= 4 is 39.9 Å². The number of hydrogen-bond donors (Lipinski definition) is 1. The van der Waals surface area contributed by atoms with E-state index in [0.29, 0.717) is 39.6 Å². The zero-order valence-electron chi connectivity index (χ0n) is 21.6. The van der Waals surface area contributed by atoms with Gasteiger partial charge >= 0.3 is 0 Å². The van der Waals surface area contributed by atoms with E-state index < -0.39 is 23.5 Å². The van der Waals surface area contributed by atoms with Gasteiger partial charge in [-0.05, 0) is 72.0 Å². The first-order valence-electron chi connectivity index (χ1n) is 12.4. The SMILES string of the molecule is CCOc1ccc(N2C(=O)C(O)=C(C(=O)c3cc4cc(Cl)ccc4o3)C2c2ccc(C(C)(C)C)cc2)cc1. The highest BCUT2D eigenvalue weighted by Gasteiger charge is 2.45. The van der Waals surface area contributed by atoms with Gasteiger partial charge in [-0.15, -0.1) is 0 Å². The van der Waals surface area contributed by atoms with Crippen LogP contribution in [0.5, 0.6) is 5.75 Å². The molecule has 0 bridgehead atoms. The first-order valence-corrected chi connectivity index (χ1v) is 12.8. The average molecular weight is 530 g/mol. The summed E-state index contributed by atoms with van der Waals surface area (Å²) in [6.45, 7) is 8.74. The van der Waals surface area contributed by atoms with E-state index >= 15 is 0 Å². The first kappa shape index (κ1) is 25.6. The number of halogens is 1. The number of furan rings is 1. The molecule has 0 fully saturated rings. The van der Waals surface area contributed by atoms with Crippen molar-refractivity contribution in [2.75, 3.05) is 11.5 Å². The molecule has 1 atom stereocenters. The molecule has 194 valence electrons. The Morgan fingerprint density at radius 3 is 2.34 bits per heavy atom. The van der Waals surface area contributed by atoms with E-state index in [-0.39, 0.29) is 16.7 Å². The summed E-state index contributed by atoms with van der Waals surface area (Å²) in [6, 6.07) is 20.5. The van der Waals surface area contributed by atoms with E-state index in [9.17, 15) is 14.7 Å². The highest BCUT2D eigenvalue weighted by molar-refractivity contribution is 6.31. The molecule has 0 aliphatic carbocycles. The lowest BCUT2D eigenvalue weighted by atomic mass is 9.85. The van der Waals surface area contributed by atoms with Gasteiger partial charge in [0.1, 0.15) is 11.3 Å². The zero-order valence-corrected chi connectivity index (χ0v) is 22.4. The fourth-order valence-corrected chi connectivity index (χ4v) is 4.89. The minimum Gasteiger partial charge on any atom is -0.503 e. The van der Waals surface area contributed by atoms with E-state index in [4.69, 9.17) is 20.8 Å². The molecule has 1 N–H and O–H groups in total. The summed E-state index contributed by atoms with van der Waals surface area (Å²) in [5, 5.41) is 12.2. The number of anilines is 1. The topological polar surface area (TPSA) is 80.0 Å². The Morgan fingerprint density at radius 2 is 1.71 bits per heavy atom. The normalized spacial score (nSPS) is 16.0. The zero-order chi connectivity index (χ0) is 27.2. The molecule has 6 nitrogen and oxygen atoms in total. The number of hydrogen-bond acceptors (Lipinski definition) is 5. The Balaban J connectivity index is 1.62. The summed E-state index contributed by atoms with van der Waals surface area (Å²) in [5.41, 5.74) is 2.67. The molecule has 0 spiro atoms. The largest absolute Gasteiger partial charge is 0.503 e. The third-order valence-electron chi connectivity index (χ3n) is 6.67. The Morgan fingerprint density at radius 1 is 1.03 bits per heavy atom. The second-order valence-electron chi connectivity index (χ2n) is 10.3. The van der Waals surface area contributed by atoms with Crippen molar-refractivity contribution < 1.29 is 23.8 Å². The van der Waals surface area contributed by atoms with Gasteiger partial charge in [-0.1, -0.05) is 56.6 Å². The van der Waals surface area contributed by atoms with Crippen LogP contribution >= 0.6 is 11.6 Å². The molecule has 1 unspecified atom stereocenters. The number of benzene rings is 3. The van der Waals surface area contributed by atoms with Crippen molar-refractivity contribution in [2.45, 2.75) is 39.2 Å². The molecule has 5 rings (SSSR count). The fourth-order valence-electron chi connectivity index (χ4n) is 4.71. The number of ketones is 1. The summed E-state index contributed by atoms with van der Waals surface area (Å²) in [4.78, 5) is 28.8. The van der Waals surface area contributed by atoms with Gasteiger partial charge in [0.05, 0.1) is 18.2 Å². The van der Waals surface area contributed by atoms with Gasteiger partial charge in [0.15, 0.2) is 11.5 Å². The summed E-state index contributed by atoms with van der Waals surface area (Å²) >= 11 is 6.11. The molecule has 0 saturated carbocycles. The smallest absolute Gasteiger partial charge is 0.294 e. The molecule has 0 radical (unpaired) electrons. The predicted octanol–water partition coefficient (Wildman–Crippen LogP) is 7.57. The maximum absolute atomic E-state index is 13.8. The molecule has 7 heteroatoms. The summed E-state index contributed by atoms with van der Waals surface area (Å²) in [5.74, 6) is -1.17. The van der Waals surface area contributed by atoms with Gasteiger partial charge in [0.25, 0.3) is 5.91 Å². The van der Waals surface area contributed by atoms with Crippen LogP contribution in [0.4, 0.5) is 5.69 Å². The molecule has 4 aromatic rings. The standard InChI is InChI=1S/C31H28ClNO5/c1-5-37-23-13-11-22(12-14-23)33-27(18-6-8-20(9-7-18)31(2,3)4)26(29(35)30(33)36)28(34)25-17-19-16-21(32)10-15-24(19)38-25/h6-17,27,35H,5H2,1-4H3. The van der Waals surface area contributed by atoms with Crippen LogP contribution < -0.4 is 9.64 Å². The Labute approximate surface area is 226 Å². The second-order valence-corrected chi connectivity index (χ2v) is 10.7. The highest BCUT2D eigenvalue weighted by Crippen LogP contribution is 2.43. The molecule has 2 heterocycles. The molecule has 1 aliphatic heterocycles. The Kier molecular flexibility index (Phi) is 6.53. The maximum atomic E-state index is 13.8. The number of fused-ring (bicyclic) bond motifs is 1. The molecule has 0 saturated heterocycles. The molecule has 3 aromatic carbocycles. The van der Waals surface area contributed by atoms with Crippen LogP contribution in [0.3, 0.4) is 0 Å². The molecule has 1 aromatic heterocycles. The third kappa shape index (κ3) is 4.56. The van der Waals surface area contributed by atoms with Gasteiger partial charge in [0.2, 0.25) is 5.78 Å². The van der Waals surface area contributed by atoms with Crippen LogP contribution in [0.15, 0.2) is 88.5 Å². The summed E-state index contributed by atoms with van der Waals surface area (Å²) in [6.07, 6.45) is 0. The fraction of sp³-hybridized carbons (Fsp3) is 0.226. The molecule has 38 heavy (non-hydrogen) atoms. The number of rotatable bonds is 6. The Bertz CT molecular complexity index is 1560. The van der Waals surface area contributed by atoms with E-state index in [2.05, 4.69) is 20.8 Å². The van der Waals surface area contributed by atoms with Crippen LogP contribution in [-0.4, -0.2) is 23.4 Å². The number of amides is 1. The van der Waals surface area contributed by atoms with Gasteiger partial charge in [-0.25, -0.2) is 0 Å². The lowest BCUT2D eigenvalue weighted by Gasteiger charge is -2.28. The van der Waals surface area contributed by atoms with Crippen molar-refractivity contribution in [1.82, 2.24) is 0 Å². The minimum atomic E-state index is -0.862. The van der Waals surface area contributed by atoms with Gasteiger partial charge in [-0.3, -0.25) is 14.5 Å². The number of aliphatic hydroxyl groups is 1. The first-order chi connectivity index (χ1) is 18.1. The monoisotopic (exact) mass is 529 g/mol. The molecular formula is C31H28ClNO5. The van der Waals surface area contributed by atoms with Crippen molar-refractivity contribution in [3.05, 3.63) is 106 Å². The Hall–Kier alpha value is -4.03. The molecule has 1 aliphatic rings. The summed E-state index contributed by atoms with van der Waals surface area (Å²) in [7, 11) is 0. The lowest BCUT2D eigenvalue weighted by molar-refractivity contribution is -0.117. The van der Waals surface area contributed by atoms with Crippen LogP contribution in [0, 0.1) is 0 Å². The van der Waals surface area contributed by atoms with Crippen molar-refractivity contribution in [3.8, 4) is 5.75 Å². The second kappa shape index (κ2) is 9.69. The predicted molar refractivity (Wildman–Crippen MR) is 148 cm³/mol. The minimum absolute atomic E-state index is 0.0153. The number of ether oxygens (including phenoxy) is 1. The summed E-state index contributed by atoms with van der Waals surface area (Å²) < 4.78 is 11.4. The quantitative estimate of drug-likeness (QED) is 0.261. The van der Waals surface area contributed by atoms with Crippen LogP contribution in [-0.2, 0) is 10.2 Å². The number of carbonyl (C=O) groups is 2. The van der Waals surface area contributed by atoms with Gasteiger partial charge in [-0.2, -0.15) is 0 Å². The van der Waals surface area contributed by atoms with Crippen molar-refractivity contribution in [3.63, 3.8) is 0 Å². The van der Waals surface area contributed by atoms with Crippen molar-refractivity contribution in [2.24, 2.45) is 0 Å². The lowest BCUT2D eigenvalue weighted by Crippen LogP contribution is -2.31. The van der Waals surface area contributed by atoms with E-state index in [1.807, 2.05) is 31.2 Å². The van der Waals surface area contributed by atoms with Crippen LogP contribution in [0.1, 0.15) is 55.4 Å². The average Bonchev–Trinajstić information content (AvgIpc) is 3.42. The number of nitrogens with zero attached hydrogens (tertiary/aromatic N) is 1. The molecule has 1 amide bonds. The highest BCUT2D eigenvalue weighted by atomic mass is 35.5. The van der Waals surface area contributed by atoms with E-state index in [1.165, 1.54) is 4.90 Å². The van der Waals surface area contributed by atoms with E-state index in [1.54, 1.807) is 48.5 Å². The number of aliphatic hydroxyl groups excluding tert-OH is 1.